The van der Waals surface area contributed by atoms with Gasteiger partial charge < -0.3 is 33.8 Å². The van der Waals surface area contributed by atoms with Crippen LogP contribution < -0.4 is 0 Å². The number of aliphatic hydroxyl groups excluding tert-OH is 1. The molecule has 0 aliphatic carbocycles. The van der Waals surface area contributed by atoms with Gasteiger partial charge in [-0.2, -0.15) is 0 Å². The Bertz CT molecular complexity index is 2070. The van der Waals surface area contributed by atoms with Crippen molar-refractivity contribution in [2.24, 2.45) is 11.8 Å². The number of rotatable bonds is 88. The molecule has 0 aromatic rings. The molecule has 0 spiro atoms. The van der Waals surface area contributed by atoms with Gasteiger partial charge in [0.05, 0.1) is 26.4 Å². The molecule has 0 amide bonds. The van der Waals surface area contributed by atoms with E-state index in [2.05, 4.69) is 41.5 Å². The number of aliphatic hydroxyl groups is 1. The molecule has 108 heavy (non-hydrogen) atoms. The fourth-order valence-electron chi connectivity index (χ4n) is 13.9. The highest BCUT2D eigenvalue weighted by Gasteiger charge is 2.31. The summed E-state index contributed by atoms with van der Waals surface area (Å²) in [5, 5.41) is 10.7. The lowest BCUT2D eigenvalue weighted by Gasteiger charge is -2.21. The zero-order valence-electron chi connectivity index (χ0n) is 71.2. The Morgan fingerprint density at radius 2 is 0.444 bits per heavy atom. The van der Waals surface area contributed by atoms with Gasteiger partial charge in [-0.1, -0.05) is 427 Å². The molecule has 642 valence electrons. The van der Waals surface area contributed by atoms with Crippen LogP contribution in [0.25, 0.3) is 0 Å². The highest BCUT2D eigenvalue weighted by molar-refractivity contribution is 7.47. The van der Waals surface area contributed by atoms with Crippen molar-refractivity contribution >= 4 is 39.5 Å². The number of phosphoric ester groups is 2. The van der Waals surface area contributed by atoms with Crippen molar-refractivity contribution in [3.63, 3.8) is 0 Å². The molecule has 0 fully saturated rings. The van der Waals surface area contributed by atoms with E-state index >= 15 is 0 Å². The molecule has 0 heterocycles. The van der Waals surface area contributed by atoms with Crippen molar-refractivity contribution in [3.05, 3.63) is 0 Å². The summed E-state index contributed by atoms with van der Waals surface area (Å²) >= 11 is 0. The zero-order valence-corrected chi connectivity index (χ0v) is 73.0. The molecule has 0 bridgehead atoms. The molecule has 0 aliphatic rings. The Morgan fingerprint density at radius 3 is 0.657 bits per heavy atom. The summed E-state index contributed by atoms with van der Waals surface area (Å²) in [5.74, 6) is -0.359. The van der Waals surface area contributed by atoms with Crippen LogP contribution in [0.15, 0.2) is 0 Å². The predicted octanol–water partition coefficient (Wildman–Crippen LogP) is 27.4. The van der Waals surface area contributed by atoms with Crippen LogP contribution in [0.3, 0.4) is 0 Å². The lowest BCUT2D eigenvalue weighted by Crippen LogP contribution is -2.30. The van der Waals surface area contributed by atoms with Gasteiger partial charge in [-0.15, -0.1) is 0 Å². The van der Waals surface area contributed by atoms with E-state index in [1.165, 1.54) is 283 Å². The monoisotopic (exact) mass is 1580 g/mol. The lowest BCUT2D eigenvalue weighted by molar-refractivity contribution is -0.161. The van der Waals surface area contributed by atoms with Crippen LogP contribution in [0.1, 0.15) is 478 Å². The van der Waals surface area contributed by atoms with E-state index in [0.29, 0.717) is 25.7 Å². The number of hydrogen-bond donors (Lipinski definition) is 3. The van der Waals surface area contributed by atoms with Gasteiger partial charge >= 0.3 is 39.5 Å². The molecule has 0 radical (unpaired) electrons. The van der Waals surface area contributed by atoms with Gasteiger partial charge in [0.1, 0.15) is 19.3 Å². The van der Waals surface area contributed by atoms with Gasteiger partial charge in [0, 0.05) is 25.7 Å². The summed E-state index contributed by atoms with van der Waals surface area (Å²) in [6.45, 7) is 9.78. The van der Waals surface area contributed by atoms with Crippen LogP contribution in [0.4, 0.5) is 0 Å². The molecule has 0 saturated carbocycles. The minimum Gasteiger partial charge on any atom is -0.462 e. The van der Waals surface area contributed by atoms with E-state index in [0.717, 1.165) is 115 Å². The Balaban J connectivity index is 5.15. The normalized spacial score (nSPS) is 14.3. The summed E-state index contributed by atoms with van der Waals surface area (Å²) < 4.78 is 68.8. The number of hydrogen-bond acceptors (Lipinski definition) is 15. The topological polar surface area (TPSA) is 237 Å². The molecule has 0 aliphatic heterocycles. The number of phosphoric acid groups is 2. The highest BCUT2D eigenvalue weighted by Crippen LogP contribution is 2.45. The minimum atomic E-state index is -4.97. The number of ether oxygens (including phenoxy) is 4. The molecular weight excluding hydrogens is 1400 g/mol. The van der Waals surface area contributed by atoms with Crippen LogP contribution in [0.5, 0.6) is 0 Å². The van der Waals surface area contributed by atoms with E-state index in [9.17, 15) is 43.2 Å². The average molecular weight is 1580 g/mol. The average Bonchev–Trinajstić information content (AvgIpc) is 0.886. The standard InChI is InChI=1S/C89H174O17P2/c1-7-11-13-15-17-18-19-20-21-26-34-39-44-49-55-61-67-73-88(93)105-84(77-99-86(91)71-65-59-51-16-14-12-8-2)79-103-107(95,96)101-75-83(90)76-102-108(97,98)104-80-85(106-89(94)74-68-62-56-50-45-40-35-30-25-23-28-32-37-42-47-53-58-64-70-82(6)10-4)78-100-87(92)72-66-60-54-48-43-38-33-29-24-22-27-31-36-41-46-52-57-63-69-81(5)9-3/h81-85,90H,7-80H2,1-6H3,(H,95,96)(H,97,98)/t81?,82?,83-,84+,85+/m0/s1. The van der Waals surface area contributed by atoms with Gasteiger partial charge in [-0.05, 0) is 37.5 Å². The van der Waals surface area contributed by atoms with E-state index in [4.69, 9.17) is 37.0 Å². The van der Waals surface area contributed by atoms with Gasteiger partial charge in [-0.25, -0.2) is 9.13 Å². The van der Waals surface area contributed by atoms with Gasteiger partial charge in [0.15, 0.2) is 12.2 Å². The van der Waals surface area contributed by atoms with Crippen LogP contribution in [-0.4, -0.2) is 96.7 Å². The SMILES string of the molecule is CCCCCCCCCCCCCCCCCCCC(=O)O[C@H](COC(=O)CCCCCCCCC)COP(=O)(O)OC[C@H](O)COP(=O)(O)OC[C@@H](COC(=O)CCCCCCCCCCCCCCCCCCCCC(C)CC)OC(=O)CCCCCCCCCCCCCCCCCCCCC(C)CC. The second-order valence-corrected chi connectivity index (χ2v) is 35.4. The third-order valence-corrected chi connectivity index (χ3v) is 23.6. The van der Waals surface area contributed by atoms with Crippen LogP contribution in [0.2, 0.25) is 0 Å². The number of carbonyl (C=O) groups excluding carboxylic acids is 4. The Labute approximate surface area is 664 Å². The maximum Gasteiger partial charge on any atom is 0.472 e. The van der Waals surface area contributed by atoms with Crippen molar-refractivity contribution < 1.29 is 80.2 Å². The quantitative estimate of drug-likeness (QED) is 0.0222. The van der Waals surface area contributed by atoms with Gasteiger partial charge in [-0.3, -0.25) is 37.3 Å². The Kier molecular flexibility index (Phi) is 78.8. The van der Waals surface area contributed by atoms with E-state index < -0.39 is 97.5 Å². The maximum atomic E-state index is 13.2. The molecule has 3 N–H and O–H groups in total. The van der Waals surface area contributed by atoms with E-state index in [1.807, 2.05) is 0 Å². The molecule has 0 rings (SSSR count). The Hall–Kier alpha value is -1.94. The van der Waals surface area contributed by atoms with E-state index in [-0.39, 0.29) is 25.7 Å². The molecule has 0 saturated heterocycles. The number of esters is 4. The third-order valence-electron chi connectivity index (χ3n) is 21.7. The second kappa shape index (κ2) is 80.3. The smallest absolute Gasteiger partial charge is 0.462 e. The third kappa shape index (κ3) is 79.3. The second-order valence-electron chi connectivity index (χ2n) is 32.5. The van der Waals surface area contributed by atoms with E-state index in [1.54, 1.807) is 0 Å². The van der Waals surface area contributed by atoms with Gasteiger partial charge in [0.2, 0.25) is 0 Å². The largest absolute Gasteiger partial charge is 0.472 e. The van der Waals surface area contributed by atoms with Crippen LogP contribution >= 0.6 is 15.6 Å². The molecular formula is C89H174O17P2. The number of carbonyl (C=O) groups is 4. The van der Waals surface area contributed by atoms with Crippen LogP contribution in [0, 0.1) is 11.8 Å². The highest BCUT2D eigenvalue weighted by atomic mass is 31.2. The maximum absolute atomic E-state index is 13.2. The van der Waals surface area contributed by atoms with Gasteiger partial charge in [0.25, 0.3) is 0 Å². The van der Waals surface area contributed by atoms with Crippen molar-refractivity contribution in [1.82, 2.24) is 0 Å². The number of unbranched alkanes of at least 4 members (excludes halogenated alkanes) is 56. The molecule has 7 atom stereocenters. The van der Waals surface area contributed by atoms with Crippen molar-refractivity contribution in [3.8, 4) is 0 Å². The molecule has 4 unspecified atom stereocenters. The van der Waals surface area contributed by atoms with Crippen molar-refractivity contribution in [2.75, 3.05) is 39.6 Å². The molecule has 19 heteroatoms. The van der Waals surface area contributed by atoms with Crippen molar-refractivity contribution in [1.29, 1.82) is 0 Å². The first kappa shape index (κ1) is 106. The fraction of sp³-hybridized carbons (Fsp3) is 0.955. The lowest BCUT2D eigenvalue weighted by atomic mass is 9.99. The van der Waals surface area contributed by atoms with Crippen LogP contribution in [-0.2, 0) is 65.4 Å². The zero-order chi connectivity index (χ0) is 79.2. The summed E-state index contributed by atoms with van der Waals surface area (Å²) in [4.78, 5) is 73.1. The predicted molar refractivity (Wildman–Crippen MR) is 446 cm³/mol. The van der Waals surface area contributed by atoms with Crippen molar-refractivity contribution in [2.45, 2.75) is 496 Å². The fourth-order valence-corrected chi connectivity index (χ4v) is 15.5. The first-order valence-corrected chi connectivity index (χ1v) is 49.1. The summed E-state index contributed by atoms with van der Waals surface area (Å²) in [6.07, 6.45) is 73.8. The Morgan fingerprint density at radius 1 is 0.259 bits per heavy atom. The minimum absolute atomic E-state index is 0.108. The first-order chi connectivity index (χ1) is 52.4. The summed E-state index contributed by atoms with van der Waals surface area (Å²) in [5.41, 5.74) is 0. The first-order valence-electron chi connectivity index (χ1n) is 46.1. The molecule has 0 aromatic heterocycles. The summed E-state index contributed by atoms with van der Waals surface area (Å²) in [6, 6.07) is 0. The summed E-state index contributed by atoms with van der Waals surface area (Å²) in [7, 11) is -9.92. The molecule has 0 aromatic carbocycles. The molecule has 17 nitrogen and oxygen atoms in total.